The van der Waals surface area contributed by atoms with E-state index in [4.69, 9.17) is 11.6 Å². The fourth-order valence-corrected chi connectivity index (χ4v) is 2.32. The van der Waals surface area contributed by atoms with Crippen molar-refractivity contribution in [2.45, 2.75) is 19.4 Å². The second kappa shape index (κ2) is 7.61. The molecule has 114 valence electrons. The molecule has 0 aromatic heterocycles. The fourth-order valence-electron chi connectivity index (χ4n) is 2.13. The molecule has 0 aliphatic rings. The Kier molecular flexibility index (Phi) is 5.55. The minimum Gasteiger partial charge on any atom is -0.349 e. The molecule has 0 aliphatic carbocycles. The third-order valence-corrected chi connectivity index (χ3v) is 3.45. The Morgan fingerprint density at radius 3 is 2.32 bits per heavy atom. The summed E-state index contributed by atoms with van der Waals surface area (Å²) in [6.07, 6.45) is 0.134. The van der Waals surface area contributed by atoms with E-state index < -0.39 is 0 Å². The van der Waals surface area contributed by atoms with Crippen molar-refractivity contribution in [2.24, 2.45) is 0 Å². The molecular weight excluding hydrogens is 300 g/mol. The van der Waals surface area contributed by atoms with E-state index in [-0.39, 0.29) is 24.3 Å². The smallest absolute Gasteiger partial charge is 0.226 e. The molecule has 0 saturated heterocycles. The Morgan fingerprint density at radius 2 is 1.68 bits per heavy atom. The number of para-hydroxylation sites is 1. The molecule has 2 aromatic carbocycles. The lowest BCUT2D eigenvalue weighted by Crippen LogP contribution is -2.29. The van der Waals surface area contributed by atoms with Crippen molar-refractivity contribution in [3.8, 4) is 0 Å². The van der Waals surface area contributed by atoms with Crippen LogP contribution in [0.4, 0.5) is 5.69 Å². The number of benzene rings is 2. The van der Waals surface area contributed by atoms with Crippen LogP contribution in [-0.4, -0.2) is 11.8 Å². The van der Waals surface area contributed by atoms with E-state index in [0.717, 1.165) is 5.56 Å². The highest BCUT2D eigenvalue weighted by atomic mass is 35.5. The molecule has 2 N–H and O–H groups in total. The molecule has 1 atom stereocenters. The zero-order valence-corrected chi connectivity index (χ0v) is 12.9. The number of rotatable bonds is 5. The van der Waals surface area contributed by atoms with Gasteiger partial charge in [-0.1, -0.05) is 54.1 Å². The van der Waals surface area contributed by atoms with E-state index in [1.54, 1.807) is 24.3 Å². The van der Waals surface area contributed by atoms with Gasteiger partial charge in [0, 0.05) is 6.92 Å². The van der Waals surface area contributed by atoms with Crippen LogP contribution >= 0.6 is 11.6 Å². The van der Waals surface area contributed by atoms with Crippen LogP contribution in [0.15, 0.2) is 54.6 Å². The van der Waals surface area contributed by atoms with E-state index in [2.05, 4.69) is 10.6 Å². The Morgan fingerprint density at radius 1 is 1.05 bits per heavy atom. The number of anilines is 1. The average Bonchev–Trinajstić information content (AvgIpc) is 2.49. The lowest BCUT2D eigenvalue weighted by atomic mass is 10.0. The number of halogens is 1. The van der Waals surface area contributed by atoms with Crippen LogP contribution in [-0.2, 0) is 9.59 Å². The van der Waals surface area contributed by atoms with Crippen molar-refractivity contribution in [2.75, 3.05) is 5.32 Å². The lowest BCUT2D eigenvalue weighted by molar-refractivity contribution is -0.120. The fraction of sp³-hybridized carbons (Fsp3) is 0.176. The Hall–Kier alpha value is -2.33. The first-order valence-corrected chi connectivity index (χ1v) is 7.30. The second-order valence-electron chi connectivity index (χ2n) is 4.90. The van der Waals surface area contributed by atoms with Gasteiger partial charge in [0.25, 0.3) is 0 Å². The first-order valence-electron chi connectivity index (χ1n) is 6.92. The summed E-state index contributed by atoms with van der Waals surface area (Å²) in [4.78, 5) is 23.6. The average molecular weight is 317 g/mol. The minimum atomic E-state index is -0.374. The lowest BCUT2D eigenvalue weighted by Gasteiger charge is -2.18. The molecule has 0 heterocycles. The Labute approximate surface area is 134 Å². The normalized spacial score (nSPS) is 11.5. The number of amides is 2. The van der Waals surface area contributed by atoms with Crippen molar-refractivity contribution in [1.82, 2.24) is 5.32 Å². The van der Waals surface area contributed by atoms with Crippen LogP contribution in [0.3, 0.4) is 0 Å². The number of hydrogen-bond donors (Lipinski definition) is 2. The van der Waals surface area contributed by atoms with Gasteiger partial charge < -0.3 is 10.6 Å². The quantitative estimate of drug-likeness (QED) is 0.886. The first-order chi connectivity index (χ1) is 10.6. The number of carbonyl (C=O) groups is 2. The van der Waals surface area contributed by atoms with E-state index in [1.165, 1.54) is 6.92 Å². The molecule has 0 unspecified atom stereocenters. The van der Waals surface area contributed by atoms with E-state index >= 15 is 0 Å². The van der Waals surface area contributed by atoms with Gasteiger partial charge in [0.1, 0.15) is 0 Å². The monoisotopic (exact) mass is 316 g/mol. The Bertz CT molecular complexity index is 659. The molecule has 5 heteroatoms. The third kappa shape index (κ3) is 4.60. The summed E-state index contributed by atoms with van der Waals surface area (Å²) in [7, 11) is 0. The second-order valence-corrected chi connectivity index (χ2v) is 5.30. The van der Waals surface area contributed by atoms with Gasteiger partial charge in [-0.25, -0.2) is 0 Å². The maximum Gasteiger partial charge on any atom is 0.226 e. The molecule has 0 radical (unpaired) electrons. The molecule has 2 rings (SSSR count). The summed E-state index contributed by atoms with van der Waals surface area (Å²) in [6, 6.07) is 16.0. The molecule has 2 aromatic rings. The Balaban J connectivity index is 2.08. The highest BCUT2D eigenvalue weighted by molar-refractivity contribution is 6.33. The predicted molar refractivity (Wildman–Crippen MR) is 87.7 cm³/mol. The van der Waals surface area contributed by atoms with Crippen LogP contribution in [0.2, 0.25) is 5.02 Å². The van der Waals surface area contributed by atoms with Gasteiger partial charge in [-0.05, 0) is 17.7 Å². The summed E-state index contributed by atoms with van der Waals surface area (Å²) in [5.41, 5.74) is 1.44. The van der Waals surface area contributed by atoms with Crippen molar-refractivity contribution < 1.29 is 9.59 Å². The number of hydrogen-bond acceptors (Lipinski definition) is 2. The summed E-state index contributed by atoms with van der Waals surface area (Å²) < 4.78 is 0. The third-order valence-electron chi connectivity index (χ3n) is 3.12. The first kappa shape index (κ1) is 16.0. The molecule has 0 saturated carbocycles. The van der Waals surface area contributed by atoms with Gasteiger partial charge >= 0.3 is 0 Å². The summed E-state index contributed by atoms with van der Waals surface area (Å²) in [6.45, 7) is 1.43. The van der Waals surface area contributed by atoms with Crippen molar-refractivity contribution >= 4 is 29.1 Å². The molecule has 0 aliphatic heterocycles. The SMILES string of the molecule is CC(=O)N[C@@H](CC(=O)Nc1ccccc1Cl)c1ccccc1. The molecule has 2 amide bonds. The van der Waals surface area contributed by atoms with Gasteiger partial charge in [0.2, 0.25) is 11.8 Å². The largest absolute Gasteiger partial charge is 0.349 e. The van der Waals surface area contributed by atoms with Crippen LogP contribution < -0.4 is 10.6 Å². The van der Waals surface area contributed by atoms with Gasteiger partial charge in [0.05, 0.1) is 23.2 Å². The highest BCUT2D eigenvalue weighted by Gasteiger charge is 2.17. The van der Waals surface area contributed by atoms with Crippen molar-refractivity contribution in [1.29, 1.82) is 0 Å². The molecule has 0 spiro atoms. The van der Waals surface area contributed by atoms with E-state index in [9.17, 15) is 9.59 Å². The van der Waals surface area contributed by atoms with Gasteiger partial charge in [-0.3, -0.25) is 9.59 Å². The number of carbonyl (C=O) groups excluding carboxylic acids is 2. The standard InChI is InChI=1S/C17H17ClN2O2/c1-12(21)19-16(13-7-3-2-4-8-13)11-17(22)20-15-10-6-5-9-14(15)18/h2-10,16H,11H2,1H3,(H,19,21)(H,20,22)/t16-/m0/s1. The molecule has 4 nitrogen and oxygen atoms in total. The van der Waals surface area contributed by atoms with E-state index in [0.29, 0.717) is 10.7 Å². The van der Waals surface area contributed by atoms with Crippen LogP contribution in [0.25, 0.3) is 0 Å². The molecular formula is C17H17ClN2O2. The van der Waals surface area contributed by atoms with E-state index in [1.807, 2.05) is 30.3 Å². The molecule has 0 bridgehead atoms. The maximum atomic E-state index is 12.2. The topological polar surface area (TPSA) is 58.2 Å². The highest BCUT2D eigenvalue weighted by Crippen LogP contribution is 2.22. The summed E-state index contributed by atoms with van der Waals surface area (Å²) in [5.74, 6) is -0.393. The van der Waals surface area contributed by atoms with Gasteiger partial charge in [-0.2, -0.15) is 0 Å². The van der Waals surface area contributed by atoms with Crippen LogP contribution in [0, 0.1) is 0 Å². The molecule has 0 fully saturated rings. The maximum absolute atomic E-state index is 12.2. The minimum absolute atomic E-state index is 0.134. The van der Waals surface area contributed by atoms with Gasteiger partial charge in [0.15, 0.2) is 0 Å². The van der Waals surface area contributed by atoms with Crippen molar-refractivity contribution in [3.63, 3.8) is 0 Å². The zero-order chi connectivity index (χ0) is 15.9. The zero-order valence-electron chi connectivity index (χ0n) is 12.2. The number of nitrogens with one attached hydrogen (secondary N) is 2. The predicted octanol–water partition coefficient (Wildman–Crippen LogP) is 3.55. The van der Waals surface area contributed by atoms with Crippen molar-refractivity contribution in [3.05, 3.63) is 65.2 Å². The van der Waals surface area contributed by atoms with Crippen LogP contribution in [0.1, 0.15) is 24.9 Å². The molecule has 22 heavy (non-hydrogen) atoms. The summed E-state index contributed by atoms with van der Waals surface area (Å²) >= 11 is 6.02. The van der Waals surface area contributed by atoms with Crippen LogP contribution in [0.5, 0.6) is 0 Å². The summed E-state index contributed by atoms with van der Waals surface area (Å²) in [5, 5.41) is 6.03. The van der Waals surface area contributed by atoms with Gasteiger partial charge in [-0.15, -0.1) is 0 Å².